The van der Waals surface area contributed by atoms with E-state index in [0.717, 1.165) is 17.8 Å². The van der Waals surface area contributed by atoms with E-state index < -0.39 is 23.0 Å². The fraction of sp³-hybridized carbons (Fsp3) is 0. The van der Waals surface area contributed by atoms with E-state index >= 15 is 0 Å². The number of halogens is 2. The first-order chi connectivity index (χ1) is 13.2. The summed E-state index contributed by atoms with van der Waals surface area (Å²) in [5.41, 5.74) is 0.485. The topological polar surface area (TPSA) is 113 Å². The molecule has 1 heterocycles. The van der Waals surface area contributed by atoms with Crippen LogP contribution >= 0.6 is 35.0 Å². The second-order valence-corrected chi connectivity index (χ2v) is 7.38. The molecule has 0 spiro atoms. The number of carbonyl (C=O) groups excluding carboxylic acids is 3. The zero-order chi connectivity index (χ0) is 20.4. The van der Waals surface area contributed by atoms with Gasteiger partial charge in [-0.25, -0.2) is 4.79 Å². The van der Waals surface area contributed by atoms with Gasteiger partial charge in [-0.3, -0.25) is 19.7 Å². The molecular formula is C18H10Cl2N2O5S. The van der Waals surface area contributed by atoms with E-state index in [2.05, 4.69) is 10.6 Å². The molecule has 28 heavy (non-hydrogen) atoms. The predicted molar refractivity (Wildman–Crippen MR) is 107 cm³/mol. The van der Waals surface area contributed by atoms with Crippen molar-refractivity contribution in [3.05, 3.63) is 68.0 Å². The van der Waals surface area contributed by atoms with E-state index in [9.17, 15) is 24.3 Å². The number of imide groups is 1. The summed E-state index contributed by atoms with van der Waals surface area (Å²) in [6, 6.07) is 8.76. The Bertz CT molecular complexity index is 1070. The summed E-state index contributed by atoms with van der Waals surface area (Å²) in [7, 11) is 0. The zero-order valence-corrected chi connectivity index (χ0v) is 16.1. The van der Waals surface area contributed by atoms with Gasteiger partial charge in [-0.05, 0) is 47.7 Å². The van der Waals surface area contributed by atoms with Crippen molar-refractivity contribution in [3.8, 4) is 0 Å². The first-order valence-corrected chi connectivity index (χ1v) is 9.20. The average molecular weight is 437 g/mol. The van der Waals surface area contributed by atoms with Crippen LogP contribution in [0, 0.1) is 0 Å². The molecule has 3 rings (SSSR count). The zero-order valence-electron chi connectivity index (χ0n) is 13.8. The average Bonchev–Trinajstić information content (AvgIpc) is 2.94. The Labute approximate surface area is 172 Å². The van der Waals surface area contributed by atoms with Crippen LogP contribution < -0.4 is 10.6 Å². The van der Waals surface area contributed by atoms with Gasteiger partial charge in [0.1, 0.15) is 0 Å². The van der Waals surface area contributed by atoms with Crippen LogP contribution in [0.1, 0.15) is 26.3 Å². The minimum Gasteiger partial charge on any atom is -0.478 e. The number of nitrogens with one attached hydrogen (secondary N) is 2. The Morgan fingerprint density at radius 2 is 1.75 bits per heavy atom. The minimum absolute atomic E-state index is 0.0196. The van der Waals surface area contributed by atoms with Crippen LogP contribution in [0.15, 0.2) is 41.3 Å². The molecule has 3 N–H and O–H groups in total. The number of amides is 3. The number of carboxylic acid groups (broad SMARTS) is 1. The summed E-state index contributed by atoms with van der Waals surface area (Å²) in [4.78, 5) is 47.0. The third-order valence-electron chi connectivity index (χ3n) is 3.62. The summed E-state index contributed by atoms with van der Waals surface area (Å²) in [6.07, 6.45) is 1.50. The number of benzene rings is 2. The lowest BCUT2D eigenvalue weighted by Gasteiger charge is -2.10. The summed E-state index contributed by atoms with van der Waals surface area (Å²) >= 11 is 12.5. The molecule has 2 aromatic carbocycles. The highest BCUT2D eigenvalue weighted by Gasteiger charge is 2.25. The monoisotopic (exact) mass is 436 g/mol. The second-order valence-electron chi connectivity index (χ2n) is 5.55. The Morgan fingerprint density at radius 3 is 2.36 bits per heavy atom. The number of hydrogen-bond donors (Lipinski definition) is 3. The molecule has 10 heteroatoms. The number of carboxylic acids is 1. The molecule has 0 bridgehead atoms. The number of hydrogen-bond acceptors (Lipinski definition) is 5. The summed E-state index contributed by atoms with van der Waals surface area (Å²) in [5, 5.41) is 13.6. The van der Waals surface area contributed by atoms with Gasteiger partial charge in [-0.15, -0.1) is 0 Å². The molecule has 2 aromatic rings. The standard InChI is InChI=1S/C18H10Cl2N2O5S/c19-12-6-10(11(17(25)26)7-13(12)20)15(23)21-9-3-1-2-8(4-9)5-14-16(24)22-18(27)28-14/h1-7H,(H,21,23)(H,25,26)(H,22,24,27)/b14-5+. The lowest BCUT2D eigenvalue weighted by Crippen LogP contribution is -2.17. The fourth-order valence-electron chi connectivity index (χ4n) is 2.39. The smallest absolute Gasteiger partial charge is 0.336 e. The molecule has 7 nitrogen and oxygen atoms in total. The molecule has 1 aliphatic rings. The van der Waals surface area contributed by atoms with Gasteiger partial charge in [-0.1, -0.05) is 35.3 Å². The Hall–Kier alpha value is -2.81. The molecule has 0 aliphatic carbocycles. The van der Waals surface area contributed by atoms with Crippen LogP contribution in [-0.2, 0) is 4.79 Å². The first-order valence-electron chi connectivity index (χ1n) is 7.63. The number of thioether (sulfide) groups is 1. The highest BCUT2D eigenvalue weighted by Crippen LogP contribution is 2.28. The molecule has 0 unspecified atom stereocenters. The van der Waals surface area contributed by atoms with Crippen molar-refractivity contribution in [2.24, 2.45) is 0 Å². The summed E-state index contributed by atoms with van der Waals surface area (Å²) in [5.74, 6) is -2.51. The van der Waals surface area contributed by atoms with E-state index in [1.165, 1.54) is 12.1 Å². The van der Waals surface area contributed by atoms with Crippen molar-refractivity contribution in [3.63, 3.8) is 0 Å². The molecular weight excluding hydrogens is 427 g/mol. The van der Waals surface area contributed by atoms with E-state index in [4.69, 9.17) is 23.2 Å². The molecule has 0 atom stereocenters. The van der Waals surface area contributed by atoms with Crippen LogP contribution in [0.4, 0.5) is 10.5 Å². The number of anilines is 1. The van der Waals surface area contributed by atoms with Crippen molar-refractivity contribution in [1.82, 2.24) is 5.32 Å². The maximum Gasteiger partial charge on any atom is 0.336 e. The molecule has 0 aromatic heterocycles. The molecule has 3 amide bonds. The highest BCUT2D eigenvalue weighted by molar-refractivity contribution is 8.18. The molecule has 1 fully saturated rings. The maximum absolute atomic E-state index is 12.5. The van der Waals surface area contributed by atoms with E-state index in [-0.39, 0.29) is 26.1 Å². The molecule has 0 radical (unpaired) electrons. The molecule has 0 saturated carbocycles. The van der Waals surface area contributed by atoms with Gasteiger partial charge in [0.2, 0.25) is 0 Å². The van der Waals surface area contributed by atoms with Gasteiger partial charge in [-0.2, -0.15) is 0 Å². The normalized spacial score (nSPS) is 14.9. The van der Waals surface area contributed by atoms with Crippen LogP contribution in [0.25, 0.3) is 6.08 Å². The van der Waals surface area contributed by atoms with Crippen molar-refractivity contribution in [1.29, 1.82) is 0 Å². The van der Waals surface area contributed by atoms with Gasteiger partial charge in [0.15, 0.2) is 0 Å². The van der Waals surface area contributed by atoms with Gasteiger partial charge in [0, 0.05) is 5.69 Å². The second kappa shape index (κ2) is 8.05. The number of rotatable bonds is 4. The van der Waals surface area contributed by atoms with Crippen LogP contribution in [0.5, 0.6) is 0 Å². The third-order valence-corrected chi connectivity index (χ3v) is 5.15. The van der Waals surface area contributed by atoms with E-state index in [1.54, 1.807) is 24.3 Å². The van der Waals surface area contributed by atoms with Crippen molar-refractivity contribution < 1.29 is 24.3 Å². The number of aromatic carboxylic acids is 1. The number of carbonyl (C=O) groups is 4. The Morgan fingerprint density at radius 1 is 1.07 bits per heavy atom. The van der Waals surface area contributed by atoms with Crippen LogP contribution in [0.3, 0.4) is 0 Å². The van der Waals surface area contributed by atoms with E-state index in [0.29, 0.717) is 11.3 Å². The third kappa shape index (κ3) is 4.36. The largest absolute Gasteiger partial charge is 0.478 e. The molecule has 1 aliphatic heterocycles. The lowest BCUT2D eigenvalue weighted by atomic mass is 10.1. The predicted octanol–water partition coefficient (Wildman–Crippen LogP) is 4.27. The van der Waals surface area contributed by atoms with Gasteiger partial charge in [0.05, 0.1) is 26.1 Å². The lowest BCUT2D eigenvalue weighted by molar-refractivity contribution is -0.115. The van der Waals surface area contributed by atoms with Crippen molar-refractivity contribution >= 4 is 69.8 Å². The summed E-state index contributed by atoms with van der Waals surface area (Å²) in [6.45, 7) is 0. The maximum atomic E-state index is 12.5. The van der Waals surface area contributed by atoms with Gasteiger partial charge < -0.3 is 10.4 Å². The van der Waals surface area contributed by atoms with Crippen LogP contribution in [0.2, 0.25) is 10.0 Å². The van der Waals surface area contributed by atoms with Crippen LogP contribution in [-0.4, -0.2) is 28.1 Å². The Kier molecular flexibility index (Phi) is 5.73. The highest BCUT2D eigenvalue weighted by atomic mass is 35.5. The van der Waals surface area contributed by atoms with Crippen molar-refractivity contribution in [2.45, 2.75) is 0 Å². The quantitative estimate of drug-likeness (QED) is 0.616. The molecule has 1 saturated heterocycles. The Balaban J connectivity index is 1.87. The van der Waals surface area contributed by atoms with Gasteiger partial charge >= 0.3 is 5.97 Å². The minimum atomic E-state index is -1.32. The van der Waals surface area contributed by atoms with Crippen molar-refractivity contribution in [2.75, 3.05) is 5.32 Å². The fourth-order valence-corrected chi connectivity index (χ4v) is 3.40. The molecule has 142 valence electrons. The summed E-state index contributed by atoms with van der Waals surface area (Å²) < 4.78 is 0. The van der Waals surface area contributed by atoms with E-state index in [1.807, 2.05) is 0 Å². The van der Waals surface area contributed by atoms with Gasteiger partial charge in [0.25, 0.3) is 17.1 Å². The first kappa shape index (κ1) is 19.9. The SMILES string of the molecule is O=C1NC(=O)/C(=C\c2cccc(NC(=O)c3cc(Cl)c(Cl)cc3C(=O)O)c2)S1.